The Morgan fingerprint density at radius 3 is 2.20 bits per heavy atom. The molecule has 0 saturated carbocycles. The van der Waals surface area contributed by atoms with Crippen molar-refractivity contribution in [1.29, 1.82) is 0 Å². The van der Waals surface area contributed by atoms with Crippen molar-refractivity contribution in [2.75, 3.05) is 7.11 Å². The van der Waals surface area contributed by atoms with Gasteiger partial charge in [0.05, 0.1) is 13.7 Å². The van der Waals surface area contributed by atoms with Crippen LogP contribution in [0, 0.1) is 0 Å². The maximum Gasteiger partial charge on any atom is 0.573 e. The van der Waals surface area contributed by atoms with Gasteiger partial charge in [0.25, 0.3) is 0 Å². The molecule has 4 aromatic rings. The van der Waals surface area contributed by atoms with Crippen LogP contribution in [-0.4, -0.2) is 39.5 Å². The Balaban J connectivity index is 1.66. The number of hydrogen-bond donors (Lipinski definition) is 1. The number of benzene rings is 3. The SMILES string of the molecule is COc1ccc(Cn2nnc(C(=O)O)c2-c2ccc(-c3ccc(OC(F)(F)F)cc3)c(Cl)c2)cc1. The highest BCUT2D eigenvalue weighted by atomic mass is 35.5. The second kappa shape index (κ2) is 9.67. The van der Waals surface area contributed by atoms with Crippen LogP contribution in [0.15, 0.2) is 66.7 Å². The summed E-state index contributed by atoms with van der Waals surface area (Å²) in [5.74, 6) is -0.922. The number of alkyl halides is 3. The summed E-state index contributed by atoms with van der Waals surface area (Å²) in [6.45, 7) is 0.250. The molecule has 3 aromatic carbocycles. The van der Waals surface area contributed by atoms with Crippen LogP contribution in [0.2, 0.25) is 5.02 Å². The summed E-state index contributed by atoms with van der Waals surface area (Å²) < 4.78 is 47.7. The quantitative estimate of drug-likeness (QED) is 0.337. The maximum atomic E-state index is 12.4. The highest BCUT2D eigenvalue weighted by molar-refractivity contribution is 6.33. The molecule has 0 aliphatic carbocycles. The van der Waals surface area contributed by atoms with Gasteiger partial charge in [0.2, 0.25) is 0 Å². The highest BCUT2D eigenvalue weighted by Gasteiger charge is 2.31. The summed E-state index contributed by atoms with van der Waals surface area (Å²) >= 11 is 6.48. The maximum absolute atomic E-state index is 12.4. The van der Waals surface area contributed by atoms with Gasteiger partial charge in [0.1, 0.15) is 17.2 Å². The van der Waals surface area contributed by atoms with E-state index in [4.69, 9.17) is 16.3 Å². The van der Waals surface area contributed by atoms with Gasteiger partial charge in [-0.15, -0.1) is 18.3 Å². The summed E-state index contributed by atoms with van der Waals surface area (Å²) in [5, 5.41) is 17.7. The predicted octanol–water partition coefficient (Wildman–Crippen LogP) is 5.92. The Labute approximate surface area is 202 Å². The number of nitrogens with zero attached hydrogens (tertiary/aromatic N) is 3. The van der Waals surface area contributed by atoms with E-state index >= 15 is 0 Å². The molecule has 180 valence electrons. The summed E-state index contributed by atoms with van der Waals surface area (Å²) in [7, 11) is 1.56. The first-order valence-corrected chi connectivity index (χ1v) is 10.5. The second-order valence-electron chi connectivity index (χ2n) is 7.36. The van der Waals surface area contributed by atoms with E-state index in [0.29, 0.717) is 22.4 Å². The molecule has 0 bridgehead atoms. The molecule has 0 aliphatic rings. The smallest absolute Gasteiger partial charge is 0.497 e. The first-order valence-electron chi connectivity index (χ1n) is 10.1. The van der Waals surface area contributed by atoms with Gasteiger partial charge >= 0.3 is 12.3 Å². The second-order valence-corrected chi connectivity index (χ2v) is 7.77. The van der Waals surface area contributed by atoms with Crippen LogP contribution < -0.4 is 9.47 Å². The van der Waals surface area contributed by atoms with Gasteiger partial charge in [-0.2, -0.15) is 0 Å². The van der Waals surface area contributed by atoms with Crippen molar-refractivity contribution in [2.24, 2.45) is 0 Å². The molecule has 0 amide bonds. The molecule has 4 rings (SSSR count). The Hall–Kier alpha value is -4.05. The zero-order valence-corrected chi connectivity index (χ0v) is 18.8. The van der Waals surface area contributed by atoms with Gasteiger partial charge in [0.15, 0.2) is 5.69 Å². The lowest BCUT2D eigenvalue weighted by molar-refractivity contribution is -0.274. The molecule has 1 aromatic heterocycles. The first-order chi connectivity index (χ1) is 16.6. The van der Waals surface area contributed by atoms with Gasteiger partial charge < -0.3 is 14.6 Å². The fourth-order valence-electron chi connectivity index (χ4n) is 3.49. The van der Waals surface area contributed by atoms with E-state index in [-0.39, 0.29) is 28.7 Å². The standard InChI is InChI=1S/C24H17ClF3N3O4/c1-34-17-7-2-14(3-8-17)13-31-22(21(23(32)33)29-30-31)16-6-11-19(20(25)12-16)15-4-9-18(10-5-15)35-24(26,27)28/h2-12H,13H2,1H3,(H,32,33). The molecule has 0 saturated heterocycles. The zero-order chi connectivity index (χ0) is 25.2. The lowest BCUT2D eigenvalue weighted by atomic mass is 10.0. The Morgan fingerprint density at radius 2 is 1.63 bits per heavy atom. The largest absolute Gasteiger partial charge is 0.573 e. The number of ether oxygens (including phenoxy) is 2. The molecule has 0 spiro atoms. The van der Waals surface area contributed by atoms with E-state index < -0.39 is 12.3 Å². The number of aromatic carboxylic acids is 1. The highest BCUT2D eigenvalue weighted by Crippen LogP contribution is 2.34. The molecule has 1 heterocycles. The molecule has 0 unspecified atom stereocenters. The molecule has 1 N–H and O–H groups in total. The Kier molecular flexibility index (Phi) is 6.65. The van der Waals surface area contributed by atoms with Crippen molar-refractivity contribution in [2.45, 2.75) is 12.9 Å². The van der Waals surface area contributed by atoms with E-state index in [1.807, 2.05) is 12.1 Å². The lowest BCUT2D eigenvalue weighted by Crippen LogP contribution is -2.16. The number of carboxylic acids is 1. The third kappa shape index (κ3) is 5.55. The normalized spacial score (nSPS) is 11.3. The van der Waals surface area contributed by atoms with Crippen molar-refractivity contribution < 1.29 is 32.5 Å². The minimum atomic E-state index is -4.79. The average molecular weight is 504 g/mol. The van der Waals surface area contributed by atoms with Crippen molar-refractivity contribution >= 4 is 17.6 Å². The van der Waals surface area contributed by atoms with Crippen LogP contribution in [0.4, 0.5) is 13.2 Å². The Morgan fingerprint density at radius 1 is 1.00 bits per heavy atom. The van der Waals surface area contributed by atoms with E-state index in [1.165, 1.54) is 28.9 Å². The van der Waals surface area contributed by atoms with Crippen LogP contribution in [0.1, 0.15) is 16.1 Å². The van der Waals surface area contributed by atoms with Gasteiger partial charge in [-0.3, -0.25) is 0 Å². The predicted molar refractivity (Wildman–Crippen MR) is 122 cm³/mol. The van der Waals surface area contributed by atoms with E-state index in [0.717, 1.165) is 5.56 Å². The molecular weight excluding hydrogens is 487 g/mol. The molecule has 11 heteroatoms. The van der Waals surface area contributed by atoms with Gasteiger partial charge in [-0.1, -0.05) is 53.2 Å². The zero-order valence-electron chi connectivity index (χ0n) is 18.1. The average Bonchev–Trinajstić information content (AvgIpc) is 3.23. The van der Waals surface area contributed by atoms with Crippen LogP contribution in [0.25, 0.3) is 22.4 Å². The van der Waals surface area contributed by atoms with E-state index in [9.17, 15) is 23.1 Å². The van der Waals surface area contributed by atoms with Crippen molar-refractivity contribution in [3.8, 4) is 33.9 Å². The number of halogens is 4. The molecule has 0 atom stereocenters. The lowest BCUT2D eigenvalue weighted by Gasteiger charge is -2.12. The molecule has 0 radical (unpaired) electrons. The third-order valence-electron chi connectivity index (χ3n) is 5.07. The van der Waals surface area contributed by atoms with Gasteiger partial charge in [-0.05, 0) is 41.5 Å². The molecule has 0 fully saturated rings. The molecule has 7 nitrogen and oxygen atoms in total. The molecule has 35 heavy (non-hydrogen) atoms. The molecule has 0 aliphatic heterocycles. The van der Waals surface area contributed by atoms with Crippen molar-refractivity contribution in [3.63, 3.8) is 0 Å². The van der Waals surface area contributed by atoms with Crippen molar-refractivity contribution in [3.05, 3.63) is 83.0 Å². The van der Waals surface area contributed by atoms with Crippen LogP contribution in [-0.2, 0) is 6.54 Å². The minimum Gasteiger partial charge on any atom is -0.497 e. The first kappa shape index (κ1) is 24.1. The number of carboxylic acid groups (broad SMARTS) is 1. The topological polar surface area (TPSA) is 86.5 Å². The number of methoxy groups -OCH3 is 1. The van der Waals surface area contributed by atoms with Crippen LogP contribution >= 0.6 is 11.6 Å². The van der Waals surface area contributed by atoms with E-state index in [1.54, 1.807) is 37.4 Å². The third-order valence-corrected chi connectivity index (χ3v) is 5.38. The summed E-state index contributed by atoms with van der Waals surface area (Å²) in [4.78, 5) is 11.8. The number of hydrogen-bond acceptors (Lipinski definition) is 5. The number of rotatable bonds is 7. The summed E-state index contributed by atoms with van der Waals surface area (Å²) in [6, 6.07) is 17.3. The summed E-state index contributed by atoms with van der Waals surface area (Å²) in [6.07, 6.45) is -4.79. The van der Waals surface area contributed by atoms with Gasteiger partial charge in [0, 0.05) is 16.1 Å². The van der Waals surface area contributed by atoms with Crippen LogP contribution in [0.3, 0.4) is 0 Å². The van der Waals surface area contributed by atoms with Crippen LogP contribution in [0.5, 0.6) is 11.5 Å². The fourth-order valence-corrected chi connectivity index (χ4v) is 3.78. The van der Waals surface area contributed by atoms with E-state index in [2.05, 4.69) is 15.0 Å². The molecular formula is C24H17ClF3N3O4. The Bertz CT molecular complexity index is 1350. The fraction of sp³-hybridized carbons (Fsp3) is 0.125. The number of carbonyl (C=O) groups is 1. The van der Waals surface area contributed by atoms with Crippen molar-refractivity contribution in [1.82, 2.24) is 15.0 Å². The minimum absolute atomic E-state index is 0.240. The number of aromatic nitrogens is 3. The monoisotopic (exact) mass is 503 g/mol. The van der Waals surface area contributed by atoms with Gasteiger partial charge in [-0.25, -0.2) is 9.48 Å². The summed E-state index contributed by atoms with van der Waals surface area (Å²) in [5.41, 5.74) is 2.43.